The smallest absolute Gasteiger partial charge is 0.335 e. The van der Waals surface area contributed by atoms with E-state index >= 15 is 0 Å². The fourth-order valence-electron chi connectivity index (χ4n) is 4.03. The van der Waals surface area contributed by atoms with Crippen LogP contribution in [0.3, 0.4) is 0 Å². The van der Waals surface area contributed by atoms with Crippen molar-refractivity contribution in [3.05, 3.63) is 50.1 Å². The number of carboxylic acids is 1. The Morgan fingerprint density at radius 3 is 1.69 bits per heavy atom. The predicted octanol–water partition coefficient (Wildman–Crippen LogP) is 4.64. The number of nitrogens with zero attached hydrogens (tertiary/aromatic N) is 6. The molecule has 0 spiro atoms. The lowest BCUT2D eigenvalue weighted by atomic mass is 10.4. The van der Waals surface area contributed by atoms with E-state index in [-0.39, 0.29) is 33.2 Å². The summed E-state index contributed by atoms with van der Waals surface area (Å²) in [7, 11) is 0. The normalized spacial score (nSPS) is 14.1. The maximum absolute atomic E-state index is 10.4. The highest BCUT2D eigenvalue weighted by atomic mass is 32.2. The summed E-state index contributed by atoms with van der Waals surface area (Å²) in [6.07, 6.45) is 8.77. The van der Waals surface area contributed by atoms with E-state index < -0.39 is 5.97 Å². The van der Waals surface area contributed by atoms with Crippen molar-refractivity contribution in [3.63, 3.8) is 0 Å². The fourth-order valence-corrected chi connectivity index (χ4v) is 5.94. The number of morpholine rings is 3. The Labute approximate surface area is 346 Å². The summed E-state index contributed by atoms with van der Waals surface area (Å²) in [6.45, 7) is 34.0. The molecule has 0 aliphatic carbocycles. The summed E-state index contributed by atoms with van der Waals surface area (Å²) < 4.78 is 16.0. The molecule has 1 atom stereocenters. The van der Waals surface area contributed by atoms with E-state index in [0.717, 1.165) is 89.8 Å². The second kappa shape index (κ2) is 45.4. The highest BCUT2D eigenvalue weighted by Crippen LogP contribution is 2.28. The molecular weight excluding hydrogens is 797 g/mol. The molecule has 0 amide bonds. The fraction of sp³-hybridized carbons (Fsp3) is 0.697. The number of thioether (sulfide) groups is 3. The monoisotopic (exact) mass is 865 g/mol. The van der Waals surface area contributed by atoms with Crippen LogP contribution >= 0.6 is 57.8 Å². The van der Waals surface area contributed by atoms with Gasteiger partial charge in [-0.25, -0.2) is 9.69 Å². The lowest BCUT2D eigenvalue weighted by molar-refractivity contribution is -0.132. The third-order valence-corrected chi connectivity index (χ3v) is 9.60. The third kappa shape index (κ3) is 31.3. The molecule has 0 saturated carbocycles. The van der Waals surface area contributed by atoms with Gasteiger partial charge in [0.05, 0.1) is 62.1 Å². The van der Waals surface area contributed by atoms with Crippen molar-refractivity contribution in [3.8, 4) is 0 Å². The van der Waals surface area contributed by atoms with Crippen LogP contribution in [0.15, 0.2) is 27.2 Å². The summed E-state index contributed by atoms with van der Waals surface area (Å²) in [5.41, 5.74) is 5.32. The molecule has 3 saturated heterocycles. The molecule has 54 heavy (non-hydrogen) atoms. The molecule has 0 bridgehead atoms. The first-order chi connectivity index (χ1) is 24.3. The molecule has 1 aromatic heterocycles. The number of aromatic amines is 1. The lowest BCUT2D eigenvalue weighted by Crippen LogP contribution is -2.36. The first kappa shape index (κ1) is 64.0. The van der Waals surface area contributed by atoms with Gasteiger partial charge in [-0.05, 0) is 44.7 Å². The third-order valence-electron chi connectivity index (χ3n) is 6.69. The second-order valence-electron chi connectivity index (χ2n) is 9.62. The predicted molar refractivity (Wildman–Crippen MR) is 241 cm³/mol. The number of anilines is 2. The highest BCUT2D eigenvalue weighted by Gasteiger charge is 2.14. The van der Waals surface area contributed by atoms with Gasteiger partial charge in [0.1, 0.15) is 5.82 Å². The van der Waals surface area contributed by atoms with Crippen molar-refractivity contribution in [2.75, 3.05) is 134 Å². The Hall–Kier alpha value is -1.94. The van der Waals surface area contributed by atoms with E-state index in [2.05, 4.69) is 73.3 Å². The minimum Gasteiger partial charge on any atom is -0.486 e. The number of halogens is 1. The number of hydrogen-bond donors (Lipinski definition) is 5. The number of nitrogens with two attached hydrogens (primary N) is 1. The molecule has 318 valence electrons. The van der Waals surface area contributed by atoms with Gasteiger partial charge in [0.25, 0.3) is 5.70 Å². The molecule has 3 fully saturated rings. The van der Waals surface area contributed by atoms with Crippen molar-refractivity contribution < 1.29 is 34.3 Å². The van der Waals surface area contributed by atoms with E-state index in [9.17, 15) is 4.79 Å². The maximum Gasteiger partial charge on any atom is 0.335 e. The first-order valence-corrected chi connectivity index (χ1v) is 20.8. The summed E-state index contributed by atoms with van der Waals surface area (Å²) in [4.78, 5) is 23.3. The van der Waals surface area contributed by atoms with Crippen LogP contribution in [0.1, 0.15) is 28.2 Å². The van der Waals surface area contributed by atoms with Gasteiger partial charge in [-0.15, -0.1) is 35.3 Å². The van der Waals surface area contributed by atoms with E-state index in [1.807, 2.05) is 12.3 Å². The quantitative estimate of drug-likeness (QED) is 0.100. The van der Waals surface area contributed by atoms with Crippen LogP contribution in [-0.4, -0.2) is 160 Å². The Kier molecular flexibility index (Phi) is 53.8. The number of H-pyrrole nitrogens is 1. The van der Waals surface area contributed by atoms with Gasteiger partial charge in [0.15, 0.2) is 12.0 Å². The number of thiol groups is 1. The summed E-state index contributed by atoms with van der Waals surface area (Å²) in [5, 5.41) is 19.5. The maximum atomic E-state index is 10.4. The lowest BCUT2D eigenvalue weighted by Gasteiger charge is -2.29. The number of carboxylic acid groups (broad SMARTS) is 1. The number of nitrogen functional groups attached to an aromatic ring is 1. The number of nitrogens with one attached hydrogen (secondary N) is 2. The topological polar surface area (TPSA) is 182 Å². The van der Waals surface area contributed by atoms with Crippen molar-refractivity contribution in [2.45, 2.75) is 28.2 Å². The molecule has 1 unspecified atom stereocenters. The standard InChI is InChI=1S/C8H12N2OS.C7H12N4O.C6H7NO2S2.C6H15N.C4H9NO.CH4S.CH4.FH.H2O.H3P/c1-9-7-8(12-2)10-3-5-11-6-4-10;8-6-5-7(10-9-6)11-1-3-12-4-2-11;1-7-4(5(8)9)6(10-2)11-3;1-4-7(5-2)6-3;1-3-6-4-2-5-1;1-2;;;;/h7H,3-6H2,2H3;5H,1-4H2,(H3,8,9,10);2-3H3,(H,8,9);4-6H2,1-3H3;5H,1-4H2;2H,1H3;1H4;1H;1H2;1H3/b8-7-;;;;;;;;;. The SMILES string of the molecule is C.C1COCCN1.CCN(CC)CC.CS.F.Nc1cc(N2CCOCC2)n[nH]1.O.P.[C-]#[N+]/C=C(\SC)N1CCOCC1.[C-]#[N+]C(C(=O)O)=C(SC)SC. The van der Waals surface area contributed by atoms with Crippen LogP contribution in [0, 0.1) is 13.1 Å². The van der Waals surface area contributed by atoms with E-state index in [1.165, 1.54) is 43.2 Å². The highest BCUT2D eigenvalue weighted by molar-refractivity contribution is 8.21. The number of aromatic nitrogens is 2. The molecule has 0 radical (unpaired) electrons. The number of rotatable bonds is 9. The van der Waals surface area contributed by atoms with Gasteiger partial charge in [0.2, 0.25) is 0 Å². The Morgan fingerprint density at radius 2 is 1.43 bits per heavy atom. The molecule has 0 aromatic carbocycles. The van der Waals surface area contributed by atoms with Gasteiger partial charge in [0, 0.05) is 45.3 Å². The molecule has 4 heterocycles. The average Bonchev–Trinajstić information content (AvgIpc) is 3.62. The van der Waals surface area contributed by atoms with E-state index in [1.54, 1.807) is 36.7 Å². The minimum absolute atomic E-state index is 0. The zero-order valence-corrected chi connectivity index (χ0v) is 37.1. The van der Waals surface area contributed by atoms with Crippen LogP contribution in [0.5, 0.6) is 0 Å². The molecule has 4 rings (SSSR count). The molecule has 15 nitrogen and oxygen atoms in total. The Bertz CT molecular complexity index is 1120. The van der Waals surface area contributed by atoms with Crippen LogP contribution in [0.4, 0.5) is 16.3 Å². The summed E-state index contributed by atoms with van der Waals surface area (Å²) in [5.74, 6) is 0.367. The van der Waals surface area contributed by atoms with Gasteiger partial charge >= 0.3 is 5.97 Å². The largest absolute Gasteiger partial charge is 0.486 e. The van der Waals surface area contributed by atoms with Crippen LogP contribution < -0.4 is 16.0 Å². The molecular formula is C33H69FN9O6PS4. The number of carbonyl (C=O) groups is 1. The number of aliphatic carboxylic acids is 1. The van der Waals surface area contributed by atoms with E-state index in [4.69, 9.17) is 38.2 Å². The molecule has 3 aliphatic heterocycles. The number of hydrogen-bond acceptors (Lipinski definition) is 14. The zero-order chi connectivity index (χ0) is 38.0. The van der Waals surface area contributed by atoms with Gasteiger partial charge < -0.3 is 50.5 Å². The van der Waals surface area contributed by atoms with Crippen molar-refractivity contribution in [2.24, 2.45) is 0 Å². The molecule has 3 aliphatic rings. The van der Waals surface area contributed by atoms with Crippen LogP contribution in [0.25, 0.3) is 9.69 Å². The van der Waals surface area contributed by atoms with Gasteiger partial charge in [-0.1, -0.05) is 28.2 Å². The molecule has 21 heteroatoms. The van der Waals surface area contributed by atoms with Crippen molar-refractivity contribution in [1.29, 1.82) is 0 Å². The summed E-state index contributed by atoms with van der Waals surface area (Å²) in [6, 6.07) is 1.84. The average molecular weight is 866 g/mol. The number of ether oxygens (including phenoxy) is 3. The van der Waals surface area contributed by atoms with Crippen LogP contribution in [-0.2, 0) is 19.0 Å². The minimum atomic E-state index is -1.15. The molecule has 7 N–H and O–H groups in total. The van der Waals surface area contributed by atoms with Crippen molar-refractivity contribution in [1.82, 2.24) is 25.3 Å². The van der Waals surface area contributed by atoms with Crippen LogP contribution in [0.2, 0.25) is 0 Å². The Morgan fingerprint density at radius 1 is 0.963 bits per heavy atom. The molecule has 1 aromatic rings. The van der Waals surface area contributed by atoms with E-state index in [0.29, 0.717) is 10.1 Å². The van der Waals surface area contributed by atoms with Gasteiger partial charge in [-0.2, -0.15) is 27.6 Å². The van der Waals surface area contributed by atoms with Crippen molar-refractivity contribution >= 4 is 75.4 Å². The summed E-state index contributed by atoms with van der Waals surface area (Å²) >= 11 is 7.70. The van der Waals surface area contributed by atoms with Gasteiger partial charge in [-0.3, -0.25) is 14.6 Å². The first-order valence-electron chi connectivity index (χ1n) is 16.2. The second-order valence-corrected chi connectivity index (χ2v) is 12.3. The Balaban J connectivity index is -0.000000132. The zero-order valence-electron chi connectivity index (χ0n) is 32.4.